The number of rotatable bonds is 6. The van der Waals surface area contributed by atoms with Gasteiger partial charge in [-0.2, -0.15) is 5.10 Å². The van der Waals surface area contributed by atoms with E-state index in [0.29, 0.717) is 34.7 Å². The smallest absolute Gasteiger partial charge is 0.291 e. The summed E-state index contributed by atoms with van der Waals surface area (Å²) in [4.78, 5) is 25.9. The summed E-state index contributed by atoms with van der Waals surface area (Å²) in [7, 11) is 0. The lowest BCUT2D eigenvalue weighted by atomic mass is 9.93. The fraction of sp³-hybridized carbons (Fsp3) is 0.148. The molecule has 0 saturated heterocycles. The highest BCUT2D eigenvalue weighted by Gasteiger charge is 2.28. The maximum absolute atomic E-state index is 13.0. The van der Waals surface area contributed by atoms with E-state index in [4.69, 9.17) is 9.15 Å². The third-order valence-corrected chi connectivity index (χ3v) is 6.53. The molecule has 0 aliphatic heterocycles. The summed E-state index contributed by atoms with van der Waals surface area (Å²) in [5.41, 5.74) is 5.49. The molecular weight excluding hydrogens is 462 g/mol. The van der Waals surface area contributed by atoms with Gasteiger partial charge < -0.3 is 14.5 Å². The highest BCUT2D eigenvalue weighted by molar-refractivity contribution is 7.12. The molecule has 2 aromatic carbocycles. The number of carbonyl (C=O) groups excluding carboxylic acids is 2. The first-order valence-corrected chi connectivity index (χ1v) is 12.1. The molecule has 0 unspecified atom stereocenters. The van der Waals surface area contributed by atoms with Crippen molar-refractivity contribution in [2.75, 3.05) is 5.32 Å². The van der Waals surface area contributed by atoms with Crippen molar-refractivity contribution in [1.29, 1.82) is 0 Å². The van der Waals surface area contributed by atoms with Crippen LogP contribution in [-0.4, -0.2) is 17.5 Å². The van der Waals surface area contributed by atoms with Crippen LogP contribution in [0.25, 0.3) is 0 Å². The quantitative estimate of drug-likeness (QED) is 0.320. The highest BCUT2D eigenvalue weighted by Crippen LogP contribution is 2.31. The number of nitrogens with one attached hydrogen (secondary N) is 2. The second-order valence-electron chi connectivity index (χ2n) is 8.08. The minimum atomic E-state index is -0.337. The maximum Gasteiger partial charge on any atom is 0.291 e. The first kappa shape index (κ1) is 22.6. The number of furan rings is 1. The predicted octanol–water partition coefficient (Wildman–Crippen LogP) is 6.16. The lowest BCUT2D eigenvalue weighted by Crippen LogP contribution is -2.21. The Labute approximate surface area is 206 Å². The predicted molar refractivity (Wildman–Crippen MR) is 136 cm³/mol. The molecule has 5 rings (SSSR count). The molecule has 0 spiro atoms. The zero-order chi connectivity index (χ0) is 24.2. The maximum atomic E-state index is 13.0. The summed E-state index contributed by atoms with van der Waals surface area (Å²) in [5, 5.41) is 9.09. The number of amides is 2. The van der Waals surface area contributed by atoms with Gasteiger partial charge in [0, 0.05) is 23.2 Å². The van der Waals surface area contributed by atoms with Crippen molar-refractivity contribution >= 4 is 34.6 Å². The van der Waals surface area contributed by atoms with Crippen LogP contribution in [0.15, 0.2) is 81.6 Å². The third-order valence-electron chi connectivity index (χ3n) is 5.66. The summed E-state index contributed by atoms with van der Waals surface area (Å²) in [6.07, 6.45) is 2.24. The molecule has 0 fully saturated rings. The fourth-order valence-corrected chi connectivity index (χ4v) is 4.61. The zero-order valence-corrected chi connectivity index (χ0v) is 19.9. The van der Waals surface area contributed by atoms with Gasteiger partial charge in [-0.25, -0.2) is 5.43 Å². The van der Waals surface area contributed by atoms with Gasteiger partial charge in [-0.3, -0.25) is 9.59 Å². The van der Waals surface area contributed by atoms with E-state index in [0.717, 1.165) is 29.2 Å². The first-order valence-electron chi connectivity index (χ1n) is 11.3. The van der Waals surface area contributed by atoms with Crippen molar-refractivity contribution in [3.63, 3.8) is 0 Å². The molecule has 2 N–H and O–H groups in total. The molecule has 35 heavy (non-hydrogen) atoms. The number of thiophene rings is 1. The van der Waals surface area contributed by atoms with E-state index < -0.39 is 0 Å². The van der Waals surface area contributed by atoms with E-state index >= 15 is 0 Å². The van der Waals surface area contributed by atoms with E-state index in [1.165, 1.54) is 11.3 Å². The Morgan fingerprint density at radius 3 is 2.46 bits per heavy atom. The van der Waals surface area contributed by atoms with Crippen molar-refractivity contribution < 1.29 is 18.7 Å². The van der Waals surface area contributed by atoms with Crippen molar-refractivity contribution in [3.8, 4) is 11.5 Å². The SMILES string of the molecule is Cc1c(C(=O)Nc2ccc(Oc3ccccc3)cc2)oc2c1/C(=N/NC(=O)c1cccs1)CCC2. The summed E-state index contributed by atoms with van der Waals surface area (Å²) in [5.74, 6) is 1.79. The van der Waals surface area contributed by atoms with Gasteiger partial charge in [-0.15, -0.1) is 11.3 Å². The van der Waals surface area contributed by atoms with E-state index in [-0.39, 0.29) is 17.6 Å². The van der Waals surface area contributed by atoms with Crippen LogP contribution in [0, 0.1) is 6.92 Å². The Balaban J connectivity index is 1.30. The van der Waals surface area contributed by atoms with Crippen LogP contribution in [0.4, 0.5) is 5.69 Å². The van der Waals surface area contributed by atoms with Crippen LogP contribution in [0.1, 0.15) is 50.0 Å². The number of para-hydroxylation sites is 1. The number of aryl methyl sites for hydroxylation is 1. The second-order valence-corrected chi connectivity index (χ2v) is 9.03. The van der Waals surface area contributed by atoms with E-state index in [1.54, 1.807) is 30.3 Å². The molecule has 0 saturated carbocycles. The van der Waals surface area contributed by atoms with Crippen LogP contribution in [0.3, 0.4) is 0 Å². The summed E-state index contributed by atoms with van der Waals surface area (Å²) in [6, 6.07) is 20.2. The van der Waals surface area contributed by atoms with Gasteiger partial charge in [0.25, 0.3) is 11.8 Å². The highest BCUT2D eigenvalue weighted by atomic mass is 32.1. The summed E-state index contributed by atoms with van der Waals surface area (Å²) >= 11 is 1.36. The zero-order valence-electron chi connectivity index (χ0n) is 19.0. The Kier molecular flexibility index (Phi) is 6.45. The van der Waals surface area contributed by atoms with Gasteiger partial charge in [-0.1, -0.05) is 24.3 Å². The van der Waals surface area contributed by atoms with Gasteiger partial charge in [0.1, 0.15) is 17.3 Å². The number of hydrogen-bond donors (Lipinski definition) is 2. The number of hydrogen-bond acceptors (Lipinski definition) is 6. The molecule has 7 nitrogen and oxygen atoms in total. The van der Waals surface area contributed by atoms with Crippen molar-refractivity contribution in [3.05, 3.63) is 99.6 Å². The monoisotopic (exact) mass is 485 g/mol. The van der Waals surface area contributed by atoms with Gasteiger partial charge in [0.2, 0.25) is 0 Å². The minimum absolute atomic E-state index is 0.249. The fourth-order valence-electron chi connectivity index (χ4n) is 4.00. The van der Waals surface area contributed by atoms with E-state index in [1.807, 2.05) is 48.7 Å². The lowest BCUT2D eigenvalue weighted by molar-refractivity contribution is 0.0957. The van der Waals surface area contributed by atoms with Crippen molar-refractivity contribution in [2.45, 2.75) is 26.2 Å². The molecular formula is C27H23N3O4S. The molecule has 1 aliphatic carbocycles. The minimum Gasteiger partial charge on any atom is -0.457 e. The average Bonchev–Trinajstić information content (AvgIpc) is 3.53. The number of hydrazone groups is 1. The number of ether oxygens (including phenoxy) is 1. The average molecular weight is 486 g/mol. The van der Waals surface area contributed by atoms with Crippen LogP contribution in [0.5, 0.6) is 11.5 Å². The van der Waals surface area contributed by atoms with Crippen molar-refractivity contribution in [2.24, 2.45) is 5.10 Å². The van der Waals surface area contributed by atoms with Crippen LogP contribution in [0.2, 0.25) is 0 Å². The molecule has 8 heteroatoms. The second kappa shape index (κ2) is 9.99. The lowest BCUT2D eigenvalue weighted by Gasteiger charge is -2.13. The number of fused-ring (bicyclic) bond motifs is 1. The number of anilines is 1. The molecule has 2 heterocycles. The number of benzene rings is 2. The Morgan fingerprint density at radius 1 is 0.943 bits per heavy atom. The molecule has 2 amide bonds. The molecule has 1 aliphatic rings. The number of nitrogens with zero attached hydrogens (tertiary/aromatic N) is 1. The van der Waals surface area contributed by atoms with Crippen molar-refractivity contribution in [1.82, 2.24) is 5.43 Å². The molecule has 0 atom stereocenters. The van der Waals surface area contributed by atoms with Crippen LogP contribution in [-0.2, 0) is 6.42 Å². The summed E-state index contributed by atoms with van der Waals surface area (Å²) in [6.45, 7) is 1.84. The van der Waals surface area contributed by atoms with Gasteiger partial charge >= 0.3 is 0 Å². The molecule has 0 bridgehead atoms. The van der Waals surface area contributed by atoms with Gasteiger partial charge in [-0.05, 0) is 67.6 Å². The normalized spacial score (nSPS) is 13.8. The molecule has 176 valence electrons. The van der Waals surface area contributed by atoms with Crippen LogP contribution < -0.4 is 15.5 Å². The largest absolute Gasteiger partial charge is 0.457 e. The van der Waals surface area contributed by atoms with Gasteiger partial charge in [0.15, 0.2) is 5.76 Å². The molecule has 0 radical (unpaired) electrons. The Hall–Kier alpha value is -4.17. The standard InChI is InChI=1S/C27H23N3O4S/c1-17-24-21(29-30-26(31)23-11-6-16-35-23)9-5-10-22(24)34-25(17)27(32)28-18-12-14-20(15-13-18)33-19-7-3-2-4-8-19/h2-4,6-8,11-16H,5,9-10H2,1H3,(H,28,32)(H,30,31)/b29-21+. The Morgan fingerprint density at radius 2 is 1.71 bits per heavy atom. The van der Waals surface area contributed by atoms with E-state index in [9.17, 15) is 9.59 Å². The third kappa shape index (κ3) is 5.02. The van der Waals surface area contributed by atoms with Crippen LogP contribution >= 0.6 is 11.3 Å². The number of carbonyl (C=O) groups is 2. The first-order chi connectivity index (χ1) is 17.1. The Bertz CT molecular complexity index is 1370. The van der Waals surface area contributed by atoms with E-state index in [2.05, 4.69) is 15.8 Å². The topological polar surface area (TPSA) is 92.9 Å². The molecule has 4 aromatic rings. The summed E-state index contributed by atoms with van der Waals surface area (Å²) < 4.78 is 11.8. The van der Waals surface area contributed by atoms with Gasteiger partial charge in [0.05, 0.1) is 10.6 Å². The molecule has 2 aromatic heterocycles.